The van der Waals surface area contributed by atoms with Crippen molar-refractivity contribution in [3.8, 4) is 0 Å². The van der Waals surface area contributed by atoms with Gasteiger partial charge in [-0.1, -0.05) is 11.6 Å². The molecule has 18 heavy (non-hydrogen) atoms. The number of nitrogens with zero attached hydrogens (tertiary/aromatic N) is 3. The van der Waals surface area contributed by atoms with Crippen LogP contribution in [-0.2, 0) is 14.8 Å². The number of anilines is 1. The summed E-state index contributed by atoms with van der Waals surface area (Å²) in [7, 11) is -3.75. The lowest BCUT2D eigenvalue weighted by Crippen LogP contribution is -2.32. The molecule has 0 spiro atoms. The van der Waals surface area contributed by atoms with Crippen LogP contribution in [0.4, 0.5) is 5.82 Å². The van der Waals surface area contributed by atoms with E-state index in [0.29, 0.717) is 4.47 Å². The van der Waals surface area contributed by atoms with Crippen LogP contribution in [0.25, 0.3) is 0 Å². The van der Waals surface area contributed by atoms with Gasteiger partial charge in [-0.3, -0.25) is 9.69 Å². The van der Waals surface area contributed by atoms with Gasteiger partial charge in [0.2, 0.25) is 15.9 Å². The van der Waals surface area contributed by atoms with Gasteiger partial charge in [0, 0.05) is 13.0 Å². The molecule has 0 saturated carbocycles. The summed E-state index contributed by atoms with van der Waals surface area (Å²) in [5.41, 5.74) is 0. The Bertz CT molecular complexity index is 608. The van der Waals surface area contributed by atoms with Crippen molar-refractivity contribution in [1.82, 2.24) is 10.2 Å². The molecule has 1 aliphatic heterocycles. The van der Waals surface area contributed by atoms with Crippen LogP contribution in [0, 0.1) is 0 Å². The van der Waals surface area contributed by atoms with Gasteiger partial charge in [-0.15, -0.1) is 10.2 Å². The summed E-state index contributed by atoms with van der Waals surface area (Å²) in [6.07, 6.45) is -0.157. The molecule has 0 bridgehead atoms. The average Bonchev–Trinajstić information content (AvgIpc) is 2.60. The molecular formula is C8H8BrClN4O3S. The predicted octanol–water partition coefficient (Wildman–Crippen LogP) is 0.286. The zero-order chi connectivity index (χ0) is 13.5. The lowest BCUT2D eigenvalue weighted by atomic mass is 10.4. The molecule has 1 atom stereocenters. The van der Waals surface area contributed by atoms with E-state index in [2.05, 4.69) is 26.1 Å². The average molecular weight is 356 g/mol. The second-order valence-corrected chi connectivity index (χ2v) is 6.84. The van der Waals surface area contributed by atoms with Gasteiger partial charge in [0.15, 0.2) is 11.0 Å². The van der Waals surface area contributed by atoms with Gasteiger partial charge in [-0.2, -0.15) is 0 Å². The lowest BCUT2D eigenvalue weighted by molar-refractivity contribution is -0.117. The van der Waals surface area contributed by atoms with Gasteiger partial charge in [0.1, 0.15) is 5.25 Å². The summed E-state index contributed by atoms with van der Waals surface area (Å²) in [4.78, 5) is 13.0. The summed E-state index contributed by atoms with van der Waals surface area (Å²) in [6, 6.07) is 1.47. The normalized spacial score (nSPS) is 20.5. The van der Waals surface area contributed by atoms with Crippen LogP contribution in [-0.4, -0.2) is 36.3 Å². The van der Waals surface area contributed by atoms with E-state index in [1.165, 1.54) is 11.0 Å². The number of amides is 1. The highest BCUT2D eigenvalue weighted by molar-refractivity contribution is 9.10. The molecular weight excluding hydrogens is 348 g/mol. The molecule has 1 aromatic heterocycles. The highest BCUT2D eigenvalue weighted by Crippen LogP contribution is 2.29. The Balaban J connectivity index is 2.33. The molecule has 2 N–H and O–H groups in total. The number of rotatable bonds is 2. The monoisotopic (exact) mass is 354 g/mol. The van der Waals surface area contributed by atoms with Crippen LogP contribution >= 0.6 is 27.5 Å². The maximum absolute atomic E-state index is 11.8. The fourth-order valence-electron chi connectivity index (χ4n) is 1.62. The third kappa shape index (κ3) is 2.63. The third-order valence-corrected chi connectivity index (χ3v) is 4.52. The minimum atomic E-state index is -3.75. The van der Waals surface area contributed by atoms with Gasteiger partial charge >= 0.3 is 0 Å². The number of carbonyl (C=O) groups is 1. The smallest absolute Gasteiger partial charge is 0.229 e. The maximum atomic E-state index is 11.8. The van der Waals surface area contributed by atoms with Crippen LogP contribution in [0.3, 0.4) is 0 Å². The number of sulfonamides is 1. The first kappa shape index (κ1) is 13.7. The van der Waals surface area contributed by atoms with Crippen molar-refractivity contribution in [1.29, 1.82) is 0 Å². The first-order valence-electron chi connectivity index (χ1n) is 4.79. The Morgan fingerprint density at radius 2 is 2.17 bits per heavy atom. The van der Waals surface area contributed by atoms with E-state index in [9.17, 15) is 13.2 Å². The first-order valence-corrected chi connectivity index (χ1v) is 7.58. The van der Waals surface area contributed by atoms with E-state index in [0.717, 1.165) is 0 Å². The molecule has 0 radical (unpaired) electrons. The van der Waals surface area contributed by atoms with E-state index >= 15 is 0 Å². The summed E-state index contributed by atoms with van der Waals surface area (Å²) in [5, 5.41) is 11.7. The number of halogens is 2. The summed E-state index contributed by atoms with van der Waals surface area (Å²) >= 11 is 8.83. The highest BCUT2D eigenvalue weighted by Gasteiger charge is 2.38. The van der Waals surface area contributed by atoms with Crippen molar-refractivity contribution in [2.45, 2.75) is 11.7 Å². The fourth-order valence-corrected chi connectivity index (χ4v) is 3.14. The van der Waals surface area contributed by atoms with Crippen LogP contribution in [0.15, 0.2) is 10.5 Å². The molecule has 1 aromatic rings. The van der Waals surface area contributed by atoms with Gasteiger partial charge in [-0.05, 0) is 22.0 Å². The van der Waals surface area contributed by atoms with E-state index in [4.69, 9.17) is 16.7 Å². The Labute approximate surface area is 116 Å². The zero-order valence-corrected chi connectivity index (χ0v) is 12.0. The maximum Gasteiger partial charge on any atom is 0.229 e. The summed E-state index contributed by atoms with van der Waals surface area (Å²) in [6.45, 7) is -0.0351. The number of aromatic nitrogens is 2. The van der Waals surface area contributed by atoms with E-state index in [1.807, 2.05) is 0 Å². The fraction of sp³-hybridized carbons (Fsp3) is 0.375. The SMILES string of the molecule is NS(=O)(=O)C1CC(=O)N(c2nnc(Cl)cc2Br)C1. The van der Waals surface area contributed by atoms with Gasteiger partial charge in [-0.25, -0.2) is 13.6 Å². The van der Waals surface area contributed by atoms with E-state index in [1.54, 1.807) is 0 Å². The summed E-state index contributed by atoms with van der Waals surface area (Å²) < 4.78 is 22.9. The number of hydrogen-bond donors (Lipinski definition) is 1. The first-order chi connectivity index (χ1) is 8.29. The Morgan fingerprint density at radius 3 is 2.67 bits per heavy atom. The standard InChI is InChI=1S/C8H8BrClN4O3S/c9-5-2-6(10)12-13-8(5)14-3-4(1-7(14)15)18(11,16)17/h2,4H,1,3H2,(H2,11,16,17). The molecule has 0 aromatic carbocycles. The van der Waals surface area contributed by atoms with Gasteiger partial charge < -0.3 is 0 Å². The van der Waals surface area contributed by atoms with E-state index < -0.39 is 15.3 Å². The lowest BCUT2D eigenvalue weighted by Gasteiger charge is -2.15. The minimum Gasteiger partial charge on any atom is -0.293 e. The Morgan fingerprint density at radius 1 is 1.50 bits per heavy atom. The number of carbonyl (C=O) groups excluding carboxylic acids is 1. The van der Waals surface area contributed by atoms with Crippen molar-refractivity contribution in [3.05, 3.63) is 15.7 Å². The van der Waals surface area contributed by atoms with Crippen molar-refractivity contribution in [3.63, 3.8) is 0 Å². The quantitative estimate of drug-likeness (QED) is 0.820. The Kier molecular flexibility index (Phi) is 3.58. The molecule has 0 aliphatic carbocycles. The molecule has 2 rings (SSSR count). The topological polar surface area (TPSA) is 106 Å². The van der Waals surface area contributed by atoms with Crippen molar-refractivity contribution >= 4 is 49.3 Å². The highest BCUT2D eigenvalue weighted by atomic mass is 79.9. The van der Waals surface area contributed by atoms with Crippen LogP contribution < -0.4 is 10.0 Å². The number of nitrogens with two attached hydrogens (primary N) is 1. The molecule has 98 valence electrons. The molecule has 1 unspecified atom stereocenters. The molecule has 7 nitrogen and oxygen atoms in total. The van der Waals surface area contributed by atoms with Crippen LogP contribution in [0.1, 0.15) is 6.42 Å². The minimum absolute atomic E-state index is 0.0351. The number of hydrogen-bond acceptors (Lipinski definition) is 5. The van der Waals surface area contributed by atoms with E-state index in [-0.39, 0.29) is 29.8 Å². The molecule has 1 fully saturated rings. The second kappa shape index (κ2) is 4.72. The van der Waals surface area contributed by atoms with Crippen molar-refractivity contribution in [2.75, 3.05) is 11.4 Å². The van der Waals surface area contributed by atoms with Crippen molar-refractivity contribution < 1.29 is 13.2 Å². The largest absolute Gasteiger partial charge is 0.293 e. The molecule has 1 aliphatic rings. The van der Waals surface area contributed by atoms with Gasteiger partial charge in [0.05, 0.1) is 4.47 Å². The molecule has 1 saturated heterocycles. The predicted molar refractivity (Wildman–Crippen MR) is 68.6 cm³/mol. The summed E-state index contributed by atoms with van der Waals surface area (Å²) in [5.74, 6) is -0.137. The van der Waals surface area contributed by atoms with Crippen LogP contribution in [0.2, 0.25) is 5.15 Å². The van der Waals surface area contributed by atoms with Crippen LogP contribution in [0.5, 0.6) is 0 Å². The second-order valence-electron chi connectivity index (χ2n) is 3.76. The number of primary sulfonamides is 1. The molecule has 1 amide bonds. The zero-order valence-electron chi connectivity index (χ0n) is 8.88. The molecule has 2 heterocycles. The third-order valence-electron chi connectivity index (χ3n) is 2.51. The molecule has 10 heteroatoms. The van der Waals surface area contributed by atoms with Gasteiger partial charge in [0.25, 0.3) is 0 Å². The Hall–Kier alpha value is -0.770. The van der Waals surface area contributed by atoms with Crippen molar-refractivity contribution in [2.24, 2.45) is 5.14 Å².